The van der Waals surface area contributed by atoms with Gasteiger partial charge in [-0.3, -0.25) is 0 Å². The molecule has 0 radical (unpaired) electrons. The standard InChI is InChI=1S/C13H12Cl2N2O2/c1-3-8-11(14)16-13(17-12(8)15)7-4-5-10(19-2)9(18)6-7/h4-6,18H,3H2,1-2H3. The van der Waals surface area contributed by atoms with E-state index in [9.17, 15) is 5.11 Å². The highest BCUT2D eigenvalue weighted by Crippen LogP contribution is 2.32. The lowest BCUT2D eigenvalue weighted by Crippen LogP contribution is -1.96. The summed E-state index contributed by atoms with van der Waals surface area (Å²) in [7, 11) is 1.48. The third-order valence-corrected chi connectivity index (χ3v) is 3.32. The molecule has 1 N–H and O–H groups in total. The van der Waals surface area contributed by atoms with E-state index < -0.39 is 0 Å². The van der Waals surface area contributed by atoms with Gasteiger partial charge >= 0.3 is 0 Å². The Morgan fingerprint density at radius 1 is 1.21 bits per heavy atom. The first kappa shape index (κ1) is 13.9. The maximum Gasteiger partial charge on any atom is 0.162 e. The number of halogens is 2. The van der Waals surface area contributed by atoms with E-state index in [1.54, 1.807) is 12.1 Å². The Labute approximate surface area is 121 Å². The molecule has 2 rings (SSSR count). The molecule has 2 aromatic rings. The van der Waals surface area contributed by atoms with Gasteiger partial charge in [-0.15, -0.1) is 0 Å². The van der Waals surface area contributed by atoms with E-state index in [1.807, 2.05) is 6.92 Å². The number of benzene rings is 1. The number of hydrogen-bond donors (Lipinski definition) is 1. The van der Waals surface area contributed by atoms with Gasteiger partial charge in [0, 0.05) is 11.1 Å². The molecular formula is C13H12Cl2N2O2. The van der Waals surface area contributed by atoms with Gasteiger partial charge in [0.2, 0.25) is 0 Å². The Balaban J connectivity index is 2.50. The van der Waals surface area contributed by atoms with Crippen LogP contribution in [0.25, 0.3) is 11.4 Å². The number of aromatic hydroxyl groups is 1. The first-order chi connectivity index (χ1) is 9.06. The van der Waals surface area contributed by atoms with Crippen molar-refractivity contribution < 1.29 is 9.84 Å². The summed E-state index contributed by atoms with van der Waals surface area (Å²) in [4.78, 5) is 8.38. The minimum absolute atomic E-state index is 0.00964. The number of ether oxygens (including phenoxy) is 1. The van der Waals surface area contributed by atoms with Crippen molar-refractivity contribution in [3.8, 4) is 22.9 Å². The highest BCUT2D eigenvalue weighted by molar-refractivity contribution is 6.34. The Kier molecular flexibility index (Phi) is 4.12. The molecule has 0 bridgehead atoms. The van der Waals surface area contributed by atoms with Crippen molar-refractivity contribution in [1.29, 1.82) is 0 Å². The van der Waals surface area contributed by atoms with Crippen molar-refractivity contribution in [1.82, 2.24) is 9.97 Å². The van der Waals surface area contributed by atoms with Crippen LogP contribution in [-0.2, 0) is 6.42 Å². The maximum absolute atomic E-state index is 9.75. The van der Waals surface area contributed by atoms with Gasteiger partial charge in [0.1, 0.15) is 10.3 Å². The SMILES string of the molecule is CCc1c(Cl)nc(-c2ccc(OC)c(O)c2)nc1Cl. The first-order valence-corrected chi connectivity index (χ1v) is 6.41. The van der Waals surface area contributed by atoms with E-state index in [0.29, 0.717) is 39.4 Å². The van der Waals surface area contributed by atoms with Gasteiger partial charge < -0.3 is 9.84 Å². The van der Waals surface area contributed by atoms with Gasteiger partial charge in [0.25, 0.3) is 0 Å². The van der Waals surface area contributed by atoms with Crippen LogP contribution in [0.3, 0.4) is 0 Å². The normalized spacial score (nSPS) is 10.5. The van der Waals surface area contributed by atoms with E-state index in [4.69, 9.17) is 27.9 Å². The molecule has 0 saturated heterocycles. The summed E-state index contributed by atoms with van der Waals surface area (Å²) < 4.78 is 4.98. The van der Waals surface area contributed by atoms with Gasteiger partial charge in [0.05, 0.1) is 7.11 Å². The monoisotopic (exact) mass is 298 g/mol. The van der Waals surface area contributed by atoms with E-state index in [0.717, 1.165) is 0 Å². The molecule has 100 valence electrons. The zero-order valence-corrected chi connectivity index (χ0v) is 12.0. The predicted octanol–water partition coefficient (Wildman–Crippen LogP) is 3.73. The first-order valence-electron chi connectivity index (χ1n) is 5.66. The molecule has 19 heavy (non-hydrogen) atoms. The Bertz CT molecular complexity index is 595. The number of phenolic OH excluding ortho intramolecular Hbond substituents is 1. The minimum Gasteiger partial charge on any atom is -0.504 e. The molecule has 1 heterocycles. The lowest BCUT2D eigenvalue weighted by molar-refractivity contribution is 0.373. The number of aromatic nitrogens is 2. The minimum atomic E-state index is 0.00964. The van der Waals surface area contributed by atoms with Crippen LogP contribution in [0.4, 0.5) is 0 Å². The fourth-order valence-electron chi connectivity index (χ4n) is 1.68. The highest BCUT2D eigenvalue weighted by Gasteiger charge is 2.12. The van der Waals surface area contributed by atoms with Crippen molar-refractivity contribution in [3.05, 3.63) is 34.1 Å². The summed E-state index contributed by atoms with van der Waals surface area (Å²) in [5.74, 6) is 0.756. The van der Waals surface area contributed by atoms with Crippen LogP contribution < -0.4 is 4.74 Å². The second-order valence-electron chi connectivity index (χ2n) is 3.85. The molecule has 1 aromatic carbocycles. The van der Waals surface area contributed by atoms with E-state index in [-0.39, 0.29) is 5.75 Å². The summed E-state index contributed by atoms with van der Waals surface area (Å²) in [6.45, 7) is 1.93. The van der Waals surface area contributed by atoms with Crippen molar-refractivity contribution in [3.63, 3.8) is 0 Å². The average Bonchev–Trinajstić information content (AvgIpc) is 2.38. The molecule has 0 atom stereocenters. The third kappa shape index (κ3) is 2.74. The summed E-state index contributed by atoms with van der Waals surface area (Å²) in [5, 5.41) is 10.4. The lowest BCUT2D eigenvalue weighted by Gasteiger charge is -2.08. The van der Waals surface area contributed by atoms with Crippen molar-refractivity contribution in [2.24, 2.45) is 0 Å². The molecule has 0 spiro atoms. The van der Waals surface area contributed by atoms with E-state index in [2.05, 4.69) is 9.97 Å². The van der Waals surface area contributed by atoms with E-state index in [1.165, 1.54) is 13.2 Å². The average molecular weight is 299 g/mol. The second-order valence-corrected chi connectivity index (χ2v) is 4.56. The van der Waals surface area contributed by atoms with Crippen LogP contribution in [0, 0.1) is 0 Å². The Hall–Kier alpha value is -1.52. The second kappa shape index (κ2) is 5.63. The van der Waals surface area contributed by atoms with Gasteiger partial charge in [-0.1, -0.05) is 30.1 Å². The molecule has 0 aliphatic carbocycles. The number of nitrogens with zero attached hydrogens (tertiary/aromatic N) is 2. The van der Waals surface area contributed by atoms with Crippen LogP contribution in [0.2, 0.25) is 10.3 Å². The number of methoxy groups -OCH3 is 1. The Morgan fingerprint density at radius 3 is 2.32 bits per heavy atom. The van der Waals surface area contributed by atoms with Crippen LogP contribution in [-0.4, -0.2) is 22.2 Å². The largest absolute Gasteiger partial charge is 0.504 e. The molecule has 0 fully saturated rings. The molecule has 0 saturated carbocycles. The van der Waals surface area contributed by atoms with Crippen molar-refractivity contribution >= 4 is 23.2 Å². The molecule has 0 aliphatic heterocycles. The summed E-state index contributed by atoms with van der Waals surface area (Å²) in [6.07, 6.45) is 0.659. The van der Waals surface area contributed by atoms with Gasteiger partial charge in [-0.2, -0.15) is 0 Å². The fraction of sp³-hybridized carbons (Fsp3) is 0.231. The quantitative estimate of drug-likeness (QED) is 0.877. The molecule has 1 aromatic heterocycles. The van der Waals surface area contributed by atoms with E-state index >= 15 is 0 Å². The Morgan fingerprint density at radius 2 is 1.84 bits per heavy atom. The third-order valence-electron chi connectivity index (χ3n) is 2.70. The zero-order chi connectivity index (χ0) is 14.0. The zero-order valence-electron chi connectivity index (χ0n) is 10.4. The molecule has 0 amide bonds. The van der Waals surface area contributed by atoms with Gasteiger partial charge in [0.15, 0.2) is 17.3 Å². The maximum atomic E-state index is 9.75. The number of hydrogen-bond acceptors (Lipinski definition) is 4. The molecule has 0 unspecified atom stereocenters. The number of phenols is 1. The van der Waals surface area contributed by atoms with Gasteiger partial charge in [-0.25, -0.2) is 9.97 Å². The molecule has 0 aliphatic rings. The summed E-state index contributed by atoms with van der Waals surface area (Å²) >= 11 is 12.1. The molecule has 4 nitrogen and oxygen atoms in total. The van der Waals surface area contributed by atoms with Crippen LogP contribution in [0.15, 0.2) is 18.2 Å². The smallest absolute Gasteiger partial charge is 0.162 e. The molecule has 6 heteroatoms. The van der Waals surface area contributed by atoms with Crippen molar-refractivity contribution in [2.45, 2.75) is 13.3 Å². The lowest BCUT2D eigenvalue weighted by atomic mass is 10.2. The predicted molar refractivity (Wildman–Crippen MR) is 75.1 cm³/mol. The van der Waals surface area contributed by atoms with Crippen LogP contribution in [0.1, 0.15) is 12.5 Å². The highest BCUT2D eigenvalue weighted by atomic mass is 35.5. The fourth-order valence-corrected chi connectivity index (χ4v) is 2.34. The summed E-state index contributed by atoms with van der Waals surface area (Å²) in [6, 6.07) is 4.86. The van der Waals surface area contributed by atoms with Crippen LogP contribution in [0.5, 0.6) is 11.5 Å². The number of rotatable bonds is 3. The van der Waals surface area contributed by atoms with Gasteiger partial charge in [-0.05, 0) is 24.6 Å². The molecular weight excluding hydrogens is 287 g/mol. The van der Waals surface area contributed by atoms with Crippen LogP contribution >= 0.6 is 23.2 Å². The topological polar surface area (TPSA) is 55.2 Å². The summed E-state index contributed by atoms with van der Waals surface area (Å²) in [5.41, 5.74) is 1.33. The van der Waals surface area contributed by atoms with Crippen molar-refractivity contribution in [2.75, 3.05) is 7.11 Å².